The maximum absolute atomic E-state index is 12.5. The van der Waals surface area contributed by atoms with Crippen LogP contribution in [0.3, 0.4) is 0 Å². The second-order valence-corrected chi connectivity index (χ2v) is 8.72. The van der Waals surface area contributed by atoms with Crippen LogP contribution in [0.2, 0.25) is 0 Å². The molecule has 1 saturated heterocycles. The van der Waals surface area contributed by atoms with Crippen LogP contribution in [-0.4, -0.2) is 57.2 Å². The predicted octanol–water partition coefficient (Wildman–Crippen LogP) is 0.954. The van der Waals surface area contributed by atoms with Gasteiger partial charge in [-0.15, -0.1) is 0 Å². The van der Waals surface area contributed by atoms with Crippen molar-refractivity contribution in [3.8, 4) is 0 Å². The Bertz CT molecular complexity index is 1070. The van der Waals surface area contributed by atoms with E-state index >= 15 is 0 Å². The van der Waals surface area contributed by atoms with E-state index in [4.69, 9.17) is 0 Å². The largest absolute Gasteiger partial charge is 0.357 e. The van der Waals surface area contributed by atoms with Crippen molar-refractivity contribution < 1.29 is 22.8 Å². The summed E-state index contributed by atoms with van der Waals surface area (Å²) in [5.41, 5.74) is 0.424. The minimum atomic E-state index is -3.79. The molecule has 0 aliphatic carbocycles. The normalized spacial score (nSPS) is 15.9. The summed E-state index contributed by atoms with van der Waals surface area (Å²) in [4.78, 5) is 38.4. The number of sulfonamides is 1. The van der Waals surface area contributed by atoms with Crippen molar-refractivity contribution in [2.45, 2.75) is 23.8 Å². The van der Waals surface area contributed by atoms with Crippen molar-refractivity contribution in [1.29, 1.82) is 0 Å². The smallest absolute Gasteiger partial charge is 0.261 e. The quantitative estimate of drug-likeness (QED) is 0.587. The summed E-state index contributed by atoms with van der Waals surface area (Å²) in [5.74, 6) is -1.10. The van der Waals surface area contributed by atoms with Crippen molar-refractivity contribution in [3.05, 3.63) is 60.2 Å². The molecule has 1 fully saturated rings. The highest BCUT2D eigenvalue weighted by Crippen LogP contribution is 2.18. The Balaban J connectivity index is 1.63. The summed E-state index contributed by atoms with van der Waals surface area (Å²) in [6.07, 6.45) is 1.31. The van der Waals surface area contributed by atoms with Gasteiger partial charge in [0, 0.05) is 24.8 Å². The van der Waals surface area contributed by atoms with Gasteiger partial charge in [0.25, 0.3) is 15.9 Å². The molecule has 0 radical (unpaired) electrons. The number of hydrogen-bond donors (Lipinski definition) is 3. The summed E-state index contributed by atoms with van der Waals surface area (Å²) >= 11 is 0. The highest BCUT2D eigenvalue weighted by molar-refractivity contribution is 7.92. The molecule has 1 unspecified atom stereocenters. The Morgan fingerprint density at radius 1 is 1.06 bits per heavy atom. The lowest BCUT2D eigenvalue weighted by molar-refractivity contribution is -0.137. The second-order valence-electron chi connectivity index (χ2n) is 7.04. The number of nitrogens with zero attached hydrogens (tertiary/aromatic N) is 1. The Morgan fingerprint density at radius 2 is 1.81 bits per heavy atom. The fraction of sp³-hybridized carbons (Fsp3) is 0.286. The topological polar surface area (TPSA) is 125 Å². The number of anilines is 1. The van der Waals surface area contributed by atoms with E-state index < -0.39 is 22.0 Å². The zero-order valence-electron chi connectivity index (χ0n) is 17.0. The van der Waals surface area contributed by atoms with Crippen LogP contribution in [0.4, 0.5) is 5.69 Å². The molecule has 3 N–H and O–H groups in total. The Morgan fingerprint density at radius 3 is 2.52 bits per heavy atom. The summed E-state index contributed by atoms with van der Waals surface area (Å²) < 4.78 is 27.4. The molecule has 1 aliphatic rings. The van der Waals surface area contributed by atoms with Crippen LogP contribution in [0.5, 0.6) is 0 Å². The number of hydrogen-bond acceptors (Lipinski definition) is 5. The van der Waals surface area contributed by atoms with Gasteiger partial charge >= 0.3 is 0 Å². The predicted molar refractivity (Wildman–Crippen MR) is 115 cm³/mol. The van der Waals surface area contributed by atoms with Gasteiger partial charge in [0.2, 0.25) is 11.8 Å². The van der Waals surface area contributed by atoms with Crippen molar-refractivity contribution >= 4 is 33.4 Å². The molecule has 9 nitrogen and oxygen atoms in total. The maximum atomic E-state index is 12.5. The molecular weight excluding hydrogens is 420 g/mol. The van der Waals surface area contributed by atoms with Crippen molar-refractivity contribution in [3.63, 3.8) is 0 Å². The fourth-order valence-electron chi connectivity index (χ4n) is 3.40. The molecule has 31 heavy (non-hydrogen) atoms. The SMILES string of the molecule is CNC(=O)C1CCCN1C(=O)CNC(=O)c1cccc(NS(=O)(=O)c2ccccc2)c1. The van der Waals surface area contributed by atoms with Crippen molar-refractivity contribution in [2.75, 3.05) is 24.9 Å². The zero-order chi connectivity index (χ0) is 22.4. The molecule has 164 valence electrons. The first-order valence-corrected chi connectivity index (χ1v) is 11.3. The monoisotopic (exact) mass is 444 g/mol. The third-order valence-corrected chi connectivity index (χ3v) is 6.35. The lowest BCUT2D eigenvalue weighted by atomic mass is 10.2. The van der Waals surface area contributed by atoms with Gasteiger partial charge < -0.3 is 15.5 Å². The summed E-state index contributed by atoms with van der Waals surface area (Å²) in [7, 11) is -2.27. The number of carbonyl (C=O) groups is 3. The van der Waals surface area contributed by atoms with Crippen LogP contribution in [0.1, 0.15) is 23.2 Å². The third kappa shape index (κ3) is 5.40. The fourth-order valence-corrected chi connectivity index (χ4v) is 4.47. The van der Waals surface area contributed by atoms with Gasteiger partial charge in [-0.05, 0) is 43.2 Å². The molecule has 10 heteroatoms. The molecule has 0 saturated carbocycles. The molecule has 0 bridgehead atoms. The molecular formula is C21H24N4O5S. The molecule has 1 aliphatic heterocycles. The number of benzene rings is 2. The third-order valence-electron chi connectivity index (χ3n) is 4.95. The van der Waals surface area contributed by atoms with Crippen molar-refractivity contribution in [1.82, 2.24) is 15.5 Å². The first-order valence-electron chi connectivity index (χ1n) is 9.79. The van der Waals surface area contributed by atoms with Gasteiger partial charge in [-0.2, -0.15) is 0 Å². The Hall–Kier alpha value is -3.40. The minimum Gasteiger partial charge on any atom is -0.357 e. The second kappa shape index (κ2) is 9.61. The van der Waals surface area contributed by atoms with Crippen LogP contribution in [0.15, 0.2) is 59.5 Å². The van der Waals surface area contributed by atoms with Crippen LogP contribution >= 0.6 is 0 Å². The van der Waals surface area contributed by atoms with Gasteiger partial charge in [0.15, 0.2) is 0 Å². The van der Waals surface area contributed by atoms with E-state index in [9.17, 15) is 22.8 Å². The molecule has 0 spiro atoms. The zero-order valence-corrected chi connectivity index (χ0v) is 17.8. The number of rotatable bonds is 7. The first kappa shape index (κ1) is 22.3. The lowest BCUT2D eigenvalue weighted by Crippen LogP contribution is -2.48. The molecule has 1 heterocycles. The standard InChI is InChI=1S/C21H24N4O5S/c1-22-21(28)18-11-6-12-25(18)19(26)14-23-20(27)15-7-5-8-16(13-15)24-31(29,30)17-9-3-2-4-10-17/h2-5,7-10,13,18,24H,6,11-12,14H2,1H3,(H,22,28)(H,23,27). The highest BCUT2D eigenvalue weighted by Gasteiger charge is 2.33. The minimum absolute atomic E-state index is 0.103. The van der Waals surface area contributed by atoms with E-state index in [0.29, 0.717) is 13.0 Å². The molecule has 1 atom stereocenters. The average Bonchev–Trinajstić information content (AvgIpc) is 3.27. The van der Waals surface area contributed by atoms with Crippen LogP contribution < -0.4 is 15.4 Å². The van der Waals surface area contributed by atoms with E-state index in [1.54, 1.807) is 24.3 Å². The number of likely N-dealkylation sites (N-methyl/N-ethyl adjacent to an activating group) is 1. The van der Waals surface area contributed by atoms with E-state index in [1.807, 2.05) is 0 Å². The van der Waals surface area contributed by atoms with Gasteiger partial charge in [0.05, 0.1) is 11.4 Å². The lowest BCUT2D eigenvalue weighted by Gasteiger charge is -2.23. The summed E-state index contributed by atoms with van der Waals surface area (Å²) in [5, 5.41) is 5.08. The Labute approximate surface area is 180 Å². The number of nitrogens with one attached hydrogen (secondary N) is 3. The Kier molecular flexibility index (Phi) is 6.91. The average molecular weight is 445 g/mol. The molecule has 0 aromatic heterocycles. The van der Waals surface area contributed by atoms with Crippen molar-refractivity contribution in [2.24, 2.45) is 0 Å². The first-order chi connectivity index (χ1) is 14.8. The molecule has 2 aromatic carbocycles. The van der Waals surface area contributed by atoms with Gasteiger partial charge in [0.1, 0.15) is 6.04 Å². The van der Waals surface area contributed by atoms with E-state index in [2.05, 4.69) is 15.4 Å². The number of likely N-dealkylation sites (tertiary alicyclic amines) is 1. The van der Waals surface area contributed by atoms with Crippen LogP contribution in [0, 0.1) is 0 Å². The number of amides is 3. The van der Waals surface area contributed by atoms with Crippen LogP contribution in [-0.2, 0) is 19.6 Å². The molecule has 2 aromatic rings. The van der Waals surface area contributed by atoms with Gasteiger partial charge in [-0.1, -0.05) is 24.3 Å². The number of carbonyl (C=O) groups excluding carboxylic acids is 3. The maximum Gasteiger partial charge on any atom is 0.261 e. The van der Waals surface area contributed by atoms with E-state index in [0.717, 1.165) is 6.42 Å². The highest BCUT2D eigenvalue weighted by atomic mass is 32.2. The van der Waals surface area contributed by atoms with Crippen LogP contribution in [0.25, 0.3) is 0 Å². The van der Waals surface area contributed by atoms with E-state index in [-0.39, 0.29) is 34.5 Å². The molecule has 3 rings (SSSR count). The van der Waals surface area contributed by atoms with Gasteiger partial charge in [-0.25, -0.2) is 8.42 Å². The van der Waals surface area contributed by atoms with E-state index in [1.165, 1.54) is 42.3 Å². The summed E-state index contributed by atoms with van der Waals surface area (Å²) in [6, 6.07) is 13.3. The summed E-state index contributed by atoms with van der Waals surface area (Å²) in [6.45, 7) is 0.204. The molecule has 3 amide bonds. The van der Waals surface area contributed by atoms with Gasteiger partial charge in [-0.3, -0.25) is 19.1 Å².